The summed E-state index contributed by atoms with van der Waals surface area (Å²) in [6.07, 6.45) is 7.72. The predicted molar refractivity (Wildman–Crippen MR) is 135 cm³/mol. The lowest BCUT2D eigenvalue weighted by Gasteiger charge is -2.14. The van der Waals surface area contributed by atoms with E-state index in [1.165, 1.54) is 0 Å². The molecule has 0 saturated carbocycles. The minimum Gasteiger partial charge on any atom is -0.356 e. The molecule has 4 nitrogen and oxygen atoms in total. The van der Waals surface area contributed by atoms with Gasteiger partial charge in [0.2, 0.25) is 5.91 Å². The van der Waals surface area contributed by atoms with Crippen LogP contribution in [-0.4, -0.2) is 24.0 Å². The second kappa shape index (κ2) is 15.2. The Balaban J connectivity index is 1.59. The van der Waals surface area contributed by atoms with Gasteiger partial charge in [-0.3, -0.25) is 14.4 Å². The van der Waals surface area contributed by atoms with Crippen molar-refractivity contribution in [3.8, 4) is 11.1 Å². The lowest BCUT2D eigenvalue weighted by molar-refractivity contribution is -0.125. The molecule has 33 heavy (non-hydrogen) atoms. The van der Waals surface area contributed by atoms with Crippen LogP contribution in [0, 0.1) is 5.92 Å². The number of hydrogen-bond acceptors (Lipinski definition) is 3. The highest BCUT2D eigenvalue weighted by Crippen LogP contribution is 2.20. The standard InChI is InChI=1S/C29H39NO3/c1-3-5-12-23(4-2)29(33)30-22-11-7-10-15-27(31)20-21-28(32)26-18-16-25(17-19-26)24-13-8-6-9-14-24/h6,8-9,13-14,16-19,23H,3-5,7,10-12,15,20-22H2,1-2H3,(H,30,33). The van der Waals surface area contributed by atoms with Gasteiger partial charge in [0.05, 0.1) is 0 Å². The zero-order chi connectivity index (χ0) is 23.9. The van der Waals surface area contributed by atoms with E-state index in [-0.39, 0.29) is 29.8 Å². The molecule has 0 saturated heterocycles. The minimum atomic E-state index is 0.0132. The van der Waals surface area contributed by atoms with Crippen LogP contribution in [0.2, 0.25) is 0 Å². The van der Waals surface area contributed by atoms with Crippen molar-refractivity contribution >= 4 is 17.5 Å². The van der Waals surface area contributed by atoms with E-state index in [9.17, 15) is 14.4 Å². The number of carbonyl (C=O) groups is 3. The maximum atomic E-state index is 12.4. The third kappa shape index (κ3) is 9.73. The molecule has 0 bridgehead atoms. The summed E-state index contributed by atoms with van der Waals surface area (Å²) >= 11 is 0. The van der Waals surface area contributed by atoms with Crippen LogP contribution in [0.15, 0.2) is 54.6 Å². The smallest absolute Gasteiger partial charge is 0.223 e. The highest BCUT2D eigenvalue weighted by molar-refractivity contribution is 5.98. The van der Waals surface area contributed by atoms with Gasteiger partial charge in [-0.1, -0.05) is 87.7 Å². The van der Waals surface area contributed by atoms with Gasteiger partial charge in [0.1, 0.15) is 5.78 Å². The Morgan fingerprint density at radius 2 is 1.45 bits per heavy atom. The highest BCUT2D eigenvalue weighted by Gasteiger charge is 2.15. The molecule has 1 atom stereocenters. The number of unbranched alkanes of at least 4 members (excludes halogenated alkanes) is 3. The highest BCUT2D eigenvalue weighted by atomic mass is 16.2. The zero-order valence-electron chi connectivity index (χ0n) is 20.3. The van der Waals surface area contributed by atoms with Crippen LogP contribution >= 0.6 is 0 Å². The van der Waals surface area contributed by atoms with Crippen molar-refractivity contribution in [1.29, 1.82) is 0 Å². The molecule has 4 heteroatoms. The van der Waals surface area contributed by atoms with Gasteiger partial charge in [-0.25, -0.2) is 0 Å². The third-order valence-electron chi connectivity index (χ3n) is 6.15. The van der Waals surface area contributed by atoms with Crippen LogP contribution in [0.3, 0.4) is 0 Å². The molecular formula is C29H39NO3. The summed E-state index contributed by atoms with van der Waals surface area (Å²) in [6.45, 7) is 4.88. The molecular weight excluding hydrogens is 410 g/mol. The number of ketones is 2. The second-order valence-electron chi connectivity index (χ2n) is 8.75. The van der Waals surface area contributed by atoms with Crippen LogP contribution in [0.25, 0.3) is 11.1 Å². The molecule has 2 aromatic carbocycles. The number of carbonyl (C=O) groups excluding carboxylic acids is 3. The van der Waals surface area contributed by atoms with Crippen molar-refractivity contribution in [1.82, 2.24) is 5.32 Å². The zero-order valence-corrected chi connectivity index (χ0v) is 20.3. The first-order valence-electron chi connectivity index (χ1n) is 12.5. The minimum absolute atomic E-state index is 0.0132. The predicted octanol–water partition coefficient (Wildman–Crippen LogP) is 6.78. The quantitative estimate of drug-likeness (QED) is 0.227. The van der Waals surface area contributed by atoms with Gasteiger partial charge in [0.25, 0.3) is 0 Å². The van der Waals surface area contributed by atoms with Crippen LogP contribution < -0.4 is 5.32 Å². The SMILES string of the molecule is CCCCC(CC)C(=O)NCCCCCC(=O)CCC(=O)c1ccc(-c2ccccc2)cc1. The molecule has 0 aliphatic rings. The molecule has 0 aliphatic carbocycles. The van der Waals surface area contributed by atoms with E-state index < -0.39 is 0 Å². The molecule has 0 aliphatic heterocycles. The van der Waals surface area contributed by atoms with E-state index in [0.29, 0.717) is 24.9 Å². The maximum Gasteiger partial charge on any atom is 0.223 e. The van der Waals surface area contributed by atoms with Crippen molar-refractivity contribution in [2.45, 2.75) is 78.1 Å². The Kier molecular flexibility index (Phi) is 12.2. The van der Waals surface area contributed by atoms with Crippen molar-refractivity contribution < 1.29 is 14.4 Å². The maximum absolute atomic E-state index is 12.4. The monoisotopic (exact) mass is 449 g/mol. The summed E-state index contributed by atoms with van der Waals surface area (Å²) in [5.41, 5.74) is 2.85. The molecule has 1 unspecified atom stereocenters. The number of benzene rings is 2. The summed E-state index contributed by atoms with van der Waals surface area (Å²) in [6, 6.07) is 17.6. The van der Waals surface area contributed by atoms with E-state index in [0.717, 1.165) is 56.1 Å². The van der Waals surface area contributed by atoms with Crippen molar-refractivity contribution in [3.63, 3.8) is 0 Å². The number of hydrogen-bond donors (Lipinski definition) is 1. The van der Waals surface area contributed by atoms with Gasteiger partial charge in [0.15, 0.2) is 5.78 Å². The summed E-state index contributed by atoms with van der Waals surface area (Å²) in [5, 5.41) is 3.03. The molecule has 0 radical (unpaired) electrons. The van der Waals surface area contributed by atoms with E-state index in [2.05, 4.69) is 19.2 Å². The fraction of sp³-hybridized carbons (Fsp3) is 0.483. The topological polar surface area (TPSA) is 63.2 Å². The van der Waals surface area contributed by atoms with Crippen molar-refractivity contribution in [2.75, 3.05) is 6.54 Å². The van der Waals surface area contributed by atoms with E-state index in [4.69, 9.17) is 0 Å². The largest absolute Gasteiger partial charge is 0.356 e. The van der Waals surface area contributed by atoms with Gasteiger partial charge < -0.3 is 5.32 Å². The molecule has 0 fully saturated rings. The van der Waals surface area contributed by atoms with Crippen molar-refractivity contribution in [2.24, 2.45) is 5.92 Å². The fourth-order valence-corrected chi connectivity index (χ4v) is 3.95. The number of Topliss-reactive ketones (excluding diaryl/α,β-unsaturated/α-hetero) is 2. The number of rotatable bonds is 16. The molecule has 178 valence electrons. The molecule has 1 N–H and O–H groups in total. The summed E-state index contributed by atoms with van der Waals surface area (Å²) < 4.78 is 0. The van der Waals surface area contributed by atoms with Gasteiger partial charge in [-0.2, -0.15) is 0 Å². The van der Waals surface area contributed by atoms with Crippen LogP contribution in [0.1, 0.15) is 88.4 Å². The Morgan fingerprint density at radius 3 is 2.12 bits per heavy atom. The Morgan fingerprint density at radius 1 is 0.758 bits per heavy atom. The van der Waals surface area contributed by atoms with Crippen LogP contribution in [0.5, 0.6) is 0 Å². The van der Waals surface area contributed by atoms with Crippen molar-refractivity contribution in [3.05, 3.63) is 60.2 Å². The van der Waals surface area contributed by atoms with Gasteiger partial charge >= 0.3 is 0 Å². The number of amides is 1. The molecule has 2 aromatic rings. The molecule has 0 heterocycles. The Bertz CT molecular complexity index is 858. The molecule has 0 spiro atoms. The van der Waals surface area contributed by atoms with Crippen LogP contribution in [0.4, 0.5) is 0 Å². The second-order valence-corrected chi connectivity index (χ2v) is 8.75. The first-order valence-corrected chi connectivity index (χ1v) is 12.5. The summed E-state index contributed by atoms with van der Waals surface area (Å²) in [4.78, 5) is 36.8. The Hall–Kier alpha value is -2.75. The van der Waals surface area contributed by atoms with Gasteiger partial charge in [0, 0.05) is 37.3 Å². The third-order valence-corrected chi connectivity index (χ3v) is 6.15. The summed E-state index contributed by atoms with van der Waals surface area (Å²) in [7, 11) is 0. The number of nitrogens with one attached hydrogen (secondary N) is 1. The fourth-order valence-electron chi connectivity index (χ4n) is 3.95. The first-order chi connectivity index (χ1) is 16.0. The normalized spacial score (nSPS) is 11.7. The van der Waals surface area contributed by atoms with Gasteiger partial charge in [-0.15, -0.1) is 0 Å². The lowest BCUT2D eigenvalue weighted by atomic mass is 9.98. The average molecular weight is 450 g/mol. The first kappa shape index (κ1) is 26.5. The van der Waals surface area contributed by atoms with E-state index in [1.54, 1.807) is 0 Å². The van der Waals surface area contributed by atoms with Gasteiger partial charge in [-0.05, 0) is 36.8 Å². The average Bonchev–Trinajstić information content (AvgIpc) is 2.85. The molecule has 2 rings (SSSR count). The van der Waals surface area contributed by atoms with E-state index in [1.807, 2.05) is 54.6 Å². The Labute approximate surface area is 199 Å². The van der Waals surface area contributed by atoms with E-state index >= 15 is 0 Å². The lowest BCUT2D eigenvalue weighted by Crippen LogP contribution is -2.31. The molecule has 0 aromatic heterocycles. The molecule has 1 amide bonds. The van der Waals surface area contributed by atoms with Crippen LogP contribution in [-0.2, 0) is 9.59 Å². The summed E-state index contributed by atoms with van der Waals surface area (Å²) in [5.74, 6) is 0.439.